The van der Waals surface area contributed by atoms with E-state index in [1.165, 1.54) is 6.07 Å². The maximum Gasteiger partial charge on any atom is 0.573 e. The van der Waals surface area contributed by atoms with Crippen molar-refractivity contribution in [2.24, 2.45) is 0 Å². The molecule has 0 N–H and O–H groups in total. The van der Waals surface area contributed by atoms with Crippen molar-refractivity contribution in [3.8, 4) is 11.8 Å². The smallest absolute Gasteiger partial charge is 0.403 e. The second kappa shape index (κ2) is 3.73. The second-order valence-electron chi connectivity index (χ2n) is 2.42. The molecule has 0 bridgehead atoms. The molecule has 0 heterocycles. The van der Waals surface area contributed by atoms with Crippen LogP contribution in [-0.2, 0) is 0 Å². The number of ether oxygens (including phenoxy) is 1. The fourth-order valence-corrected chi connectivity index (χ4v) is 0.817. The maximum absolute atomic E-state index is 12.8. The van der Waals surface area contributed by atoms with E-state index in [0.717, 1.165) is 0 Å². The zero-order chi connectivity index (χ0) is 11.6. The molecule has 80 valence electrons. The molecule has 1 rings (SSSR count). The molecule has 2 nitrogen and oxygen atoms in total. The molecule has 1 aromatic carbocycles. The normalized spacial score (nSPS) is 10.9. The van der Waals surface area contributed by atoms with E-state index in [9.17, 15) is 22.0 Å². The Morgan fingerprint density at radius 2 is 1.73 bits per heavy atom. The van der Waals surface area contributed by atoms with Gasteiger partial charge in [0.05, 0.1) is 5.56 Å². The number of hydrogen-bond donors (Lipinski definition) is 0. The Bertz CT molecular complexity index is 420. The van der Waals surface area contributed by atoms with Crippen LogP contribution in [0.1, 0.15) is 5.56 Å². The Labute approximate surface area is 80.5 Å². The first-order chi connectivity index (χ1) is 6.83. The van der Waals surface area contributed by atoms with Crippen molar-refractivity contribution in [3.63, 3.8) is 0 Å². The van der Waals surface area contributed by atoms with Crippen LogP contribution in [0, 0.1) is 23.0 Å². The molecule has 15 heavy (non-hydrogen) atoms. The van der Waals surface area contributed by atoms with Crippen molar-refractivity contribution >= 4 is 0 Å². The highest BCUT2D eigenvalue weighted by atomic mass is 19.4. The van der Waals surface area contributed by atoms with Crippen molar-refractivity contribution in [2.75, 3.05) is 0 Å². The fraction of sp³-hybridized carbons (Fsp3) is 0.125. The predicted molar refractivity (Wildman–Crippen MR) is 37.8 cm³/mol. The van der Waals surface area contributed by atoms with Crippen LogP contribution in [0.2, 0.25) is 0 Å². The summed E-state index contributed by atoms with van der Waals surface area (Å²) in [4.78, 5) is 0. The fourth-order valence-electron chi connectivity index (χ4n) is 0.817. The molecule has 0 aliphatic heterocycles. The highest BCUT2D eigenvalue weighted by Crippen LogP contribution is 2.27. The van der Waals surface area contributed by atoms with Crippen LogP contribution in [0.25, 0.3) is 0 Å². The summed E-state index contributed by atoms with van der Waals surface area (Å²) in [6.07, 6.45) is -5.11. The van der Waals surface area contributed by atoms with E-state index in [2.05, 4.69) is 4.74 Å². The van der Waals surface area contributed by atoms with Crippen molar-refractivity contribution in [3.05, 3.63) is 29.3 Å². The predicted octanol–water partition coefficient (Wildman–Crippen LogP) is 2.74. The lowest BCUT2D eigenvalue weighted by atomic mass is 10.2. The largest absolute Gasteiger partial charge is 0.573 e. The first kappa shape index (κ1) is 11.2. The summed E-state index contributed by atoms with van der Waals surface area (Å²) in [6, 6.07) is 1.77. The number of halogens is 5. The molecular weight excluding hydrogens is 221 g/mol. The number of benzene rings is 1. The highest BCUT2D eigenvalue weighted by Gasteiger charge is 2.32. The minimum atomic E-state index is -5.11. The van der Waals surface area contributed by atoms with Gasteiger partial charge in [-0.3, -0.25) is 0 Å². The van der Waals surface area contributed by atoms with Gasteiger partial charge in [0.15, 0.2) is 11.6 Å². The molecule has 0 aliphatic rings. The van der Waals surface area contributed by atoms with E-state index in [-0.39, 0.29) is 6.07 Å². The van der Waals surface area contributed by atoms with Crippen LogP contribution in [0.4, 0.5) is 22.0 Å². The number of rotatable bonds is 1. The van der Waals surface area contributed by atoms with Crippen LogP contribution in [0.3, 0.4) is 0 Å². The van der Waals surface area contributed by atoms with Crippen molar-refractivity contribution in [2.45, 2.75) is 6.36 Å². The van der Waals surface area contributed by atoms with Crippen molar-refractivity contribution in [1.29, 1.82) is 5.26 Å². The number of nitriles is 1. The molecule has 7 heteroatoms. The SMILES string of the molecule is N#Cc1cc(F)c(OC(F)(F)F)cc1F. The first-order valence-corrected chi connectivity index (χ1v) is 3.48. The molecule has 0 aromatic heterocycles. The van der Waals surface area contributed by atoms with Gasteiger partial charge in [-0.25, -0.2) is 8.78 Å². The number of nitrogens with zero attached hydrogens (tertiary/aromatic N) is 1. The number of hydrogen-bond acceptors (Lipinski definition) is 2. The van der Waals surface area contributed by atoms with Gasteiger partial charge in [-0.2, -0.15) is 5.26 Å². The van der Waals surface area contributed by atoms with Gasteiger partial charge in [0.2, 0.25) is 0 Å². The Morgan fingerprint density at radius 1 is 1.13 bits per heavy atom. The molecule has 0 radical (unpaired) electrons. The van der Waals surface area contributed by atoms with Gasteiger partial charge in [0.1, 0.15) is 11.9 Å². The van der Waals surface area contributed by atoms with Gasteiger partial charge in [-0.1, -0.05) is 0 Å². The molecule has 0 saturated heterocycles. The van der Waals surface area contributed by atoms with Crippen LogP contribution in [0.15, 0.2) is 12.1 Å². The zero-order valence-electron chi connectivity index (χ0n) is 6.90. The Balaban J connectivity index is 3.13. The van der Waals surface area contributed by atoms with Crippen molar-refractivity contribution < 1.29 is 26.7 Å². The van der Waals surface area contributed by atoms with E-state index in [1.54, 1.807) is 0 Å². The lowest BCUT2D eigenvalue weighted by Crippen LogP contribution is -2.18. The van der Waals surface area contributed by atoms with E-state index in [4.69, 9.17) is 5.26 Å². The third kappa shape index (κ3) is 2.80. The molecule has 0 aliphatic carbocycles. The van der Waals surface area contributed by atoms with Gasteiger partial charge in [-0.15, -0.1) is 13.2 Å². The van der Waals surface area contributed by atoms with E-state index in [1.807, 2.05) is 0 Å². The van der Waals surface area contributed by atoms with Crippen LogP contribution >= 0.6 is 0 Å². The van der Waals surface area contributed by atoms with Gasteiger partial charge < -0.3 is 4.74 Å². The Morgan fingerprint density at radius 3 is 2.20 bits per heavy atom. The van der Waals surface area contributed by atoms with E-state index < -0.39 is 29.3 Å². The van der Waals surface area contributed by atoms with E-state index in [0.29, 0.717) is 6.07 Å². The first-order valence-electron chi connectivity index (χ1n) is 3.48. The third-order valence-electron chi connectivity index (χ3n) is 1.37. The summed E-state index contributed by atoms with van der Waals surface area (Å²) in [6.45, 7) is 0. The monoisotopic (exact) mass is 223 g/mol. The standard InChI is InChI=1S/C8H2F5NO/c9-5-2-7(15-8(11,12)13)6(10)1-4(5)3-14/h1-2H. The Hall–Kier alpha value is -1.84. The topological polar surface area (TPSA) is 33.0 Å². The van der Waals surface area contributed by atoms with Gasteiger partial charge in [0, 0.05) is 6.07 Å². The lowest BCUT2D eigenvalue weighted by Gasteiger charge is -2.09. The molecule has 1 aromatic rings. The summed E-state index contributed by atoms with van der Waals surface area (Å²) in [5.74, 6) is -4.04. The minimum Gasteiger partial charge on any atom is -0.403 e. The lowest BCUT2D eigenvalue weighted by molar-refractivity contribution is -0.275. The molecule has 0 spiro atoms. The molecule has 0 unspecified atom stereocenters. The zero-order valence-corrected chi connectivity index (χ0v) is 6.90. The highest BCUT2D eigenvalue weighted by molar-refractivity contribution is 5.37. The molecule has 0 atom stereocenters. The molecule has 0 fully saturated rings. The summed E-state index contributed by atoms with van der Waals surface area (Å²) in [5.41, 5.74) is -0.693. The summed E-state index contributed by atoms with van der Waals surface area (Å²) in [5, 5.41) is 8.25. The summed E-state index contributed by atoms with van der Waals surface area (Å²) < 4.78 is 63.7. The van der Waals surface area contributed by atoms with Gasteiger partial charge in [0.25, 0.3) is 0 Å². The molecule has 0 saturated carbocycles. The van der Waals surface area contributed by atoms with Gasteiger partial charge >= 0.3 is 6.36 Å². The average Bonchev–Trinajstić information content (AvgIpc) is 2.08. The number of alkyl halides is 3. The average molecular weight is 223 g/mol. The van der Waals surface area contributed by atoms with Crippen LogP contribution < -0.4 is 4.74 Å². The molecule has 0 amide bonds. The van der Waals surface area contributed by atoms with E-state index >= 15 is 0 Å². The Kier molecular flexibility index (Phi) is 2.79. The maximum atomic E-state index is 12.8. The quantitative estimate of drug-likeness (QED) is 0.685. The summed E-state index contributed by atoms with van der Waals surface area (Å²) >= 11 is 0. The molecular formula is C8H2F5NO. The van der Waals surface area contributed by atoms with Crippen molar-refractivity contribution in [1.82, 2.24) is 0 Å². The van der Waals surface area contributed by atoms with Crippen LogP contribution in [-0.4, -0.2) is 6.36 Å². The van der Waals surface area contributed by atoms with Crippen LogP contribution in [0.5, 0.6) is 5.75 Å². The summed E-state index contributed by atoms with van der Waals surface area (Å²) in [7, 11) is 0. The minimum absolute atomic E-state index is 0.168. The van der Waals surface area contributed by atoms with Gasteiger partial charge in [-0.05, 0) is 6.07 Å². The second-order valence-corrected chi connectivity index (χ2v) is 2.42. The third-order valence-corrected chi connectivity index (χ3v) is 1.37.